The van der Waals surface area contributed by atoms with E-state index in [2.05, 4.69) is 20.3 Å². The van der Waals surface area contributed by atoms with E-state index in [9.17, 15) is 9.59 Å². The first-order valence-electron chi connectivity index (χ1n) is 7.14. The molecule has 1 atom stereocenters. The van der Waals surface area contributed by atoms with Gasteiger partial charge in [-0.2, -0.15) is 5.11 Å². The summed E-state index contributed by atoms with van der Waals surface area (Å²) in [7, 11) is 0. The van der Waals surface area contributed by atoms with E-state index in [1.807, 2.05) is 0 Å². The SMILES string of the molecule is CC(C)(C)OC(=O)Nc1ccc(NC(=O)C2(C)CSN=N2)cc1. The first-order chi connectivity index (χ1) is 10.7. The molecule has 2 N–H and O–H groups in total. The summed E-state index contributed by atoms with van der Waals surface area (Å²) in [5, 5.41) is 9.38. The minimum Gasteiger partial charge on any atom is -0.444 e. The van der Waals surface area contributed by atoms with Crippen molar-refractivity contribution in [2.45, 2.75) is 38.8 Å². The predicted molar refractivity (Wildman–Crippen MR) is 90.6 cm³/mol. The Morgan fingerprint density at radius 2 is 1.74 bits per heavy atom. The van der Waals surface area contributed by atoms with Crippen LogP contribution in [0.25, 0.3) is 0 Å². The van der Waals surface area contributed by atoms with Gasteiger partial charge < -0.3 is 10.1 Å². The number of hydrogen-bond acceptors (Lipinski definition) is 6. The molecule has 1 unspecified atom stereocenters. The molecule has 0 aliphatic carbocycles. The lowest BCUT2D eigenvalue weighted by atomic mass is 10.1. The smallest absolute Gasteiger partial charge is 0.412 e. The largest absolute Gasteiger partial charge is 0.444 e. The van der Waals surface area contributed by atoms with Gasteiger partial charge >= 0.3 is 6.09 Å². The van der Waals surface area contributed by atoms with Gasteiger partial charge in [-0.15, -0.1) is 4.52 Å². The molecule has 1 aliphatic rings. The molecule has 23 heavy (non-hydrogen) atoms. The molecule has 124 valence electrons. The summed E-state index contributed by atoms with van der Waals surface area (Å²) >= 11 is 1.27. The minimum absolute atomic E-state index is 0.209. The number of nitrogens with zero attached hydrogens (tertiary/aromatic N) is 2. The van der Waals surface area contributed by atoms with Crippen LogP contribution in [-0.2, 0) is 9.53 Å². The van der Waals surface area contributed by atoms with Crippen molar-refractivity contribution in [1.82, 2.24) is 0 Å². The Morgan fingerprint density at radius 1 is 1.17 bits per heavy atom. The van der Waals surface area contributed by atoms with Crippen LogP contribution in [0, 0.1) is 0 Å². The van der Waals surface area contributed by atoms with E-state index in [-0.39, 0.29) is 5.91 Å². The number of ether oxygens (including phenoxy) is 1. The molecule has 1 aromatic carbocycles. The highest BCUT2D eigenvalue weighted by Gasteiger charge is 2.36. The fourth-order valence-electron chi connectivity index (χ4n) is 1.74. The summed E-state index contributed by atoms with van der Waals surface area (Å²) in [6.45, 7) is 7.13. The van der Waals surface area contributed by atoms with Crippen LogP contribution in [-0.4, -0.2) is 28.9 Å². The van der Waals surface area contributed by atoms with Gasteiger partial charge in [-0.25, -0.2) is 4.79 Å². The number of benzene rings is 1. The summed E-state index contributed by atoms with van der Waals surface area (Å²) < 4.78 is 8.97. The summed E-state index contributed by atoms with van der Waals surface area (Å²) in [6.07, 6.45) is -0.523. The monoisotopic (exact) mass is 336 g/mol. The van der Waals surface area contributed by atoms with Crippen LogP contribution in [0.1, 0.15) is 27.7 Å². The molecule has 8 heteroatoms. The number of hydrogen-bond donors (Lipinski definition) is 2. The van der Waals surface area contributed by atoms with E-state index in [1.165, 1.54) is 11.9 Å². The standard InChI is InChI=1S/C15H20N4O3S/c1-14(2,3)22-13(21)17-11-7-5-10(6-8-11)16-12(20)15(4)9-23-19-18-15/h5-8H,9H2,1-4H3,(H,16,20)(H,17,21). The van der Waals surface area contributed by atoms with Gasteiger partial charge in [0.15, 0.2) is 5.54 Å². The van der Waals surface area contributed by atoms with E-state index < -0.39 is 17.2 Å². The third kappa shape index (κ3) is 4.95. The molecule has 1 aromatic rings. The molecule has 0 saturated heterocycles. The molecule has 0 spiro atoms. The van der Waals surface area contributed by atoms with E-state index in [0.29, 0.717) is 17.1 Å². The van der Waals surface area contributed by atoms with Gasteiger partial charge in [-0.3, -0.25) is 10.1 Å². The van der Waals surface area contributed by atoms with Gasteiger partial charge in [0.25, 0.3) is 5.91 Å². The summed E-state index contributed by atoms with van der Waals surface area (Å²) in [4.78, 5) is 23.9. The third-order valence-corrected chi connectivity index (χ3v) is 3.83. The van der Waals surface area contributed by atoms with E-state index >= 15 is 0 Å². The van der Waals surface area contributed by atoms with Crippen molar-refractivity contribution >= 4 is 35.3 Å². The van der Waals surface area contributed by atoms with Crippen molar-refractivity contribution in [2.75, 3.05) is 16.4 Å². The normalized spacial score (nSPS) is 20.2. The number of nitrogens with one attached hydrogen (secondary N) is 2. The van der Waals surface area contributed by atoms with Gasteiger partial charge in [0.05, 0.1) is 5.75 Å². The van der Waals surface area contributed by atoms with Crippen molar-refractivity contribution in [2.24, 2.45) is 9.63 Å². The minimum atomic E-state index is -0.835. The molecule has 1 aliphatic heterocycles. The lowest BCUT2D eigenvalue weighted by molar-refractivity contribution is -0.119. The van der Waals surface area contributed by atoms with E-state index in [0.717, 1.165) is 0 Å². The number of carbonyl (C=O) groups excluding carboxylic acids is 2. The number of carbonyl (C=O) groups is 2. The fraction of sp³-hybridized carbons (Fsp3) is 0.467. The topological polar surface area (TPSA) is 92.2 Å². The second-order valence-electron chi connectivity index (χ2n) is 6.39. The highest BCUT2D eigenvalue weighted by Crippen LogP contribution is 2.28. The Labute approximate surface area is 139 Å². The Bertz CT molecular complexity index is 625. The van der Waals surface area contributed by atoms with Crippen molar-refractivity contribution in [3.63, 3.8) is 0 Å². The molecule has 2 amide bonds. The lowest BCUT2D eigenvalue weighted by Gasteiger charge is -2.20. The maximum atomic E-state index is 12.2. The second kappa shape index (κ2) is 6.57. The van der Waals surface area contributed by atoms with Gasteiger partial charge in [0.2, 0.25) is 0 Å². The van der Waals surface area contributed by atoms with E-state index in [4.69, 9.17) is 4.74 Å². The van der Waals surface area contributed by atoms with Crippen molar-refractivity contribution in [1.29, 1.82) is 0 Å². The first kappa shape index (κ1) is 17.3. The lowest BCUT2D eigenvalue weighted by Crippen LogP contribution is -2.38. The van der Waals surface area contributed by atoms with Crippen molar-refractivity contribution in [3.05, 3.63) is 24.3 Å². The maximum absolute atomic E-state index is 12.2. The fourth-order valence-corrected chi connectivity index (χ4v) is 2.47. The Morgan fingerprint density at radius 3 is 2.22 bits per heavy atom. The summed E-state index contributed by atoms with van der Waals surface area (Å²) in [5.74, 6) is 0.316. The molecule has 7 nitrogen and oxygen atoms in total. The number of rotatable bonds is 3. The highest BCUT2D eigenvalue weighted by molar-refractivity contribution is 7.98. The first-order valence-corrected chi connectivity index (χ1v) is 8.08. The van der Waals surface area contributed by atoms with Crippen LogP contribution < -0.4 is 10.6 Å². The van der Waals surface area contributed by atoms with Crippen LogP contribution >= 0.6 is 11.9 Å². The van der Waals surface area contributed by atoms with Crippen LogP contribution in [0.3, 0.4) is 0 Å². The summed E-state index contributed by atoms with van der Waals surface area (Å²) in [6, 6.07) is 6.78. The van der Waals surface area contributed by atoms with Crippen LogP contribution in [0.15, 0.2) is 33.9 Å². The molecule has 0 fully saturated rings. The zero-order valence-electron chi connectivity index (χ0n) is 13.5. The predicted octanol–water partition coefficient (Wildman–Crippen LogP) is 3.84. The number of anilines is 2. The van der Waals surface area contributed by atoms with Crippen molar-refractivity contribution in [3.8, 4) is 0 Å². The number of amides is 2. The molecule has 0 saturated carbocycles. The highest BCUT2D eigenvalue weighted by atomic mass is 32.2. The molecule has 2 rings (SSSR count). The third-order valence-electron chi connectivity index (χ3n) is 2.94. The quantitative estimate of drug-likeness (QED) is 0.820. The Kier molecular flexibility index (Phi) is 4.93. The molecular formula is C15H20N4O3S. The zero-order chi connectivity index (χ0) is 17.1. The van der Waals surface area contributed by atoms with Gasteiger partial charge in [0, 0.05) is 23.3 Å². The summed E-state index contributed by atoms with van der Waals surface area (Å²) in [5.41, 5.74) is -0.183. The Balaban J connectivity index is 1.93. The van der Waals surface area contributed by atoms with Crippen LogP contribution in [0.2, 0.25) is 0 Å². The molecule has 0 bridgehead atoms. The van der Waals surface area contributed by atoms with Crippen LogP contribution in [0.5, 0.6) is 0 Å². The maximum Gasteiger partial charge on any atom is 0.412 e. The second-order valence-corrected chi connectivity index (χ2v) is 7.10. The molecule has 0 radical (unpaired) electrons. The van der Waals surface area contributed by atoms with Crippen molar-refractivity contribution < 1.29 is 14.3 Å². The molecule has 1 heterocycles. The van der Waals surface area contributed by atoms with Gasteiger partial charge in [-0.1, -0.05) is 0 Å². The van der Waals surface area contributed by atoms with Gasteiger partial charge in [0.1, 0.15) is 5.60 Å². The van der Waals surface area contributed by atoms with Gasteiger partial charge in [-0.05, 0) is 52.0 Å². The van der Waals surface area contributed by atoms with Crippen LogP contribution in [0.4, 0.5) is 16.2 Å². The average Bonchev–Trinajstić information content (AvgIpc) is 2.87. The Hall–Kier alpha value is -2.09. The average molecular weight is 336 g/mol. The molecule has 0 aromatic heterocycles. The molecular weight excluding hydrogens is 316 g/mol. The van der Waals surface area contributed by atoms with E-state index in [1.54, 1.807) is 52.0 Å². The zero-order valence-corrected chi connectivity index (χ0v) is 14.4.